The van der Waals surface area contributed by atoms with E-state index in [2.05, 4.69) is 27.4 Å². The molecular weight excluding hydrogens is 520 g/mol. The number of rotatable bonds is 5. The number of furan rings is 2. The van der Waals surface area contributed by atoms with Crippen LogP contribution in [-0.2, 0) is 17.6 Å². The predicted molar refractivity (Wildman–Crippen MR) is 147 cm³/mol. The molecule has 5 rings (SSSR count). The number of halogens is 1. The van der Waals surface area contributed by atoms with Crippen LogP contribution in [0.15, 0.2) is 56.6 Å². The van der Waals surface area contributed by atoms with Gasteiger partial charge in [0.2, 0.25) is 5.91 Å². The van der Waals surface area contributed by atoms with Crippen molar-refractivity contribution in [1.29, 1.82) is 0 Å². The van der Waals surface area contributed by atoms with Crippen molar-refractivity contribution >= 4 is 46.0 Å². The molecule has 3 amide bonds. The quantitative estimate of drug-likeness (QED) is 0.301. The average Bonchev–Trinajstić information content (AvgIpc) is 3.47. The molecule has 2 aromatic carbocycles. The van der Waals surface area contributed by atoms with Gasteiger partial charge in [-0.25, -0.2) is 5.43 Å². The summed E-state index contributed by atoms with van der Waals surface area (Å²) in [5.41, 5.74) is 13.2. The first-order chi connectivity index (χ1) is 18.7. The lowest BCUT2D eigenvalue weighted by atomic mass is 9.93. The molecule has 0 fully saturated rings. The SMILES string of the molecule is Cc1cc(C)c2c(CC(=O)N/N=C3\CCCc4oc(C(=O)NNC(=O)c5ccccc5Cl)c(C)c43)coc2c1. The topological polar surface area (TPSA) is 126 Å². The smallest absolute Gasteiger partial charge is 0.305 e. The van der Waals surface area contributed by atoms with E-state index < -0.39 is 11.8 Å². The van der Waals surface area contributed by atoms with Crippen LogP contribution < -0.4 is 16.3 Å². The van der Waals surface area contributed by atoms with Gasteiger partial charge in [0.15, 0.2) is 5.76 Å². The number of benzene rings is 2. The molecule has 0 saturated carbocycles. The summed E-state index contributed by atoms with van der Waals surface area (Å²) in [6, 6.07) is 10.5. The van der Waals surface area contributed by atoms with Gasteiger partial charge in [0.1, 0.15) is 11.3 Å². The van der Waals surface area contributed by atoms with Crippen LogP contribution in [0.1, 0.15) is 67.3 Å². The zero-order chi connectivity index (χ0) is 27.7. The molecule has 1 aliphatic carbocycles. The minimum Gasteiger partial charge on any atom is -0.464 e. The molecule has 0 bridgehead atoms. The second-order valence-corrected chi connectivity index (χ2v) is 9.99. The highest BCUT2D eigenvalue weighted by Crippen LogP contribution is 2.30. The number of carbonyl (C=O) groups is 3. The molecule has 0 saturated heterocycles. The largest absolute Gasteiger partial charge is 0.464 e. The molecule has 4 aromatic rings. The molecule has 0 radical (unpaired) electrons. The van der Waals surface area contributed by atoms with Gasteiger partial charge in [0.25, 0.3) is 5.91 Å². The van der Waals surface area contributed by atoms with E-state index in [0.717, 1.165) is 34.1 Å². The minimum absolute atomic E-state index is 0.0658. The summed E-state index contributed by atoms with van der Waals surface area (Å²) in [5.74, 6) is -0.761. The number of amides is 3. The third-order valence-corrected chi connectivity index (χ3v) is 7.03. The van der Waals surface area contributed by atoms with E-state index >= 15 is 0 Å². The monoisotopic (exact) mass is 546 g/mol. The van der Waals surface area contributed by atoms with Gasteiger partial charge < -0.3 is 8.83 Å². The van der Waals surface area contributed by atoms with E-state index in [-0.39, 0.29) is 28.7 Å². The fraction of sp³-hybridized carbons (Fsp3) is 0.241. The van der Waals surface area contributed by atoms with E-state index in [4.69, 9.17) is 20.4 Å². The molecule has 200 valence electrons. The van der Waals surface area contributed by atoms with Gasteiger partial charge in [-0.05, 0) is 62.9 Å². The Morgan fingerprint density at radius 3 is 2.59 bits per heavy atom. The summed E-state index contributed by atoms with van der Waals surface area (Å²) in [6.07, 6.45) is 3.72. The Labute approximate surface area is 229 Å². The predicted octanol–water partition coefficient (Wildman–Crippen LogP) is 5.08. The van der Waals surface area contributed by atoms with Crippen molar-refractivity contribution in [2.75, 3.05) is 0 Å². The van der Waals surface area contributed by atoms with Crippen LogP contribution in [0, 0.1) is 20.8 Å². The lowest BCUT2D eigenvalue weighted by molar-refractivity contribution is -0.120. The number of hydrazine groups is 1. The summed E-state index contributed by atoms with van der Waals surface area (Å²) in [7, 11) is 0. The molecule has 10 heteroatoms. The molecule has 2 heterocycles. The first-order valence-corrected chi connectivity index (χ1v) is 12.9. The van der Waals surface area contributed by atoms with Gasteiger partial charge in [-0.15, -0.1) is 0 Å². The van der Waals surface area contributed by atoms with Gasteiger partial charge in [-0.2, -0.15) is 5.10 Å². The van der Waals surface area contributed by atoms with Crippen molar-refractivity contribution in [1.82, 2.24) is 16.3 Å². The van der Waals surface area contributed by atoms with Crippen LogP contribution in [0.4, 0.5) is 0 Å². The van der Waals surface area contributed by atoms with E-state index in [1.807, 2.05) is 19.9 Å². The molecule has 3 N–H and O–H groups in total. The maximum Gasteiger partial charge on any atom is 0.305 e. The number of hydrazone groups is 1. The number of carbonyl (C=O) groups excluding carboxylic acids is 3. The normalized spacial score (nSPS) is 13.8. The van der Waals surface area contributed by atoms with Gasteiger partial charge in [-0.3, -0.25) is 25.2 Å². The Kier molecular flexibility index (Phi) is 7.26. The Bertz CT molecular complexity index is 1650. The molecule has 0 unspecified atom stereocenters. The molecule has 9 nitrogen and oxygen atoms in total. The first-order valence-electron chi connectivity index (χ1n) is 12.5. The molecule has 39 heavy (non-hydrogen) atoms. The van der Waals surface area contributed by atoms with Crippen molar-refractivity contribution in [2.24, 2.45) is 5.10 Å². The Morgan fingerprint density at radius 2 is 1.79 bits per heavy atom. The van der Waals surface area contributed by atoms with Crippen LogP contribution in [0.3, 0.4) is 0 Å². The second kappa shape index (κ2) is 10.8. The number of hydrogen-bond acceptors (Lipinski definition) is 6. The highest BCUT2D eigenvalue weighted by molar-refractivity contribution is 6.33. The standard InChI is InChI=1S/C29H27ClN4O5/c1-15-11-16(2)25-18(14-38-23(25)12-15)13-24(35)32-31-21-9-6-10-22-26(21)17(3)27(39-22)29(37)34-33-28(36)19-7-4-5-8-20(19)30/h4-5,7-8,11-12,14H,6,9-10,13H2,1-3H3,(H,32,35)(H,33,36)(H,34,37)/b31-21+. The van der Waals surface area contributed by atoms with Crippen molar-refractivity contribution in [3.63, 3.8) is 0 Å². The highest BCUT2D eigenvalue weighted by atomic mass is 35.5. The summed E-state index contributed by atoms with van der Waals surface area (Å²) in [4.78, 5) is 38.0. The number of aryl methyl sites for hydroxylation is 3. The van der Waals surface area contributed by atoms with E-state index in [1.165, 1.54) is 0 Å². The van der Waals surface area contributed by atoms with E-state index in [0.29, 0.717) is 35.4 Å². The van der Waals surface area contributed by atoms with Crippen LogP contribution in [0.2, 0.25) is 5.02 Å². The van der Waals surface area contributed by atoms with E-state index in [9.17, 15) is 14.4 Å². The van der Waals surface area contributed by atoms with Crippen LogP contribution >= 0.6 is 11.6 Å². The Balaban J connectivity index is 1.28. The number of nitrogens with zero attached hydrogens (tertiary/aromatic N) is 1. The first kappa shape index (κ1) is 26.2. The average molecular weight is 547 g/mol. The molecule has 2 aromatic heterocycles. The van der Waals surface area contributed by atoms with Crippen LogP contribution in [-0.4, -0.2) is 23.4 Å². The summed E-state index contributed by atoms with van der Waals surface area (Å²) in [6.45, 7) is 5.74. The lowest BCUT2D eigenvalue weighted by Gasteiger charge is -2.13. The number of fused-ring (bicyclic) bond motifs is 2. The lowest BCUT2D eigenvalue weighted by Crippen LogP contribution is -2.41. The molecular formula is C29H27ClN4O5. The zero-order valence-corrected chi connectivity index (χ0v) is 22.5. The van der Waals surface area contributed by atoms with Crippen molar-refractivity contribution < 1.29 is 23.2 Å². The highest BCUT2D eigenvalue weighted by Gasteiger charge is 2.28. The maximum atomic E-state index is 12.8. The minimum atomic E-state index is -0.608. The second-order valence-electron chi connectivity index (χ2n) is 9.58. The third-order valence-electron chi connectivity index (χ3n) is 6.70. The number of hydrogen-bond donors (Lipinski definition) is 3. The third kappa shape index (κ3) is 5.31. The van der Waals surface area contributed by atoms with Crippen LogP contribution in [0.25, 0.3) is 11.0 Å². The Hall–Kier alpha value is -4.37. The van der Waals surface area contributed by atoms with Crippen LogP contribution in [0.5, 0.6) is 0 Å². The molecule has 0 atom stereocenters. The van der Waals surface area contributed by atoms with Gasteiger partial charge in [-0.1, -0.05) is 29.8 Å². The zero-order valence-electron chi connectivity index (χ0n) is 21.7. The number of nitrogens with one attached hydrogen (secondary N) is 3. The van der Waals surface area contributed by atoms with Gasteiger partial charge in [0, 0.05) is 28.5 Å². The van der Waals surface area contributed by atoms with Crippen molar-refractivity contribution in [2.45, 2.75) is 46.5 Å². The summed E-state index contributed by atoms with van der Waals surface area (Å²) >= 11 is 6.05. The molecule has 1 aliphatic rings. The van der Waals surface area contributed by atoms with Crippen molar-refractivity contribution in [3.05, 3.63) is 92.6 Å². The fourth-order valence-electron chi connectivity index (χ4n) is 4.98. The molecule has 0 aliphatic heterocycles. The maximum absolute atomic E-state index is 12.8. The summed E-state index contributed by atoms with van der Waals surface area (Å²) in [5, 5.41) is 5.59. The Morgan fingerprint density at radius 1 is 1.03 bits per heavy atom. The molecule has 0 spiro atoms. The van der Waals surface area contributed by atoms with Gasteiger partial charge >= 0.3 is 5.91 Å². The van der Waals surface area contributed by atoms with Gasteiger partial charge in [0.05, 0.1) is 29.0 Å². The van der Waals surface area contributed by atoms with Crippen molar-refractivity contribution in [3.8, 4) is 0 Å². The fourth-order valence-corrected chi connectivity index (χ4v) is 5.20. The van der Waals surface area contributed by atoms with E-state index in [1.54, 1.807) is 37.5 Å². The summed E-state index contributed by atoms with van der Waals surface area (Å²) < 4.78 is 11.5.